The third-order valence-corrected chi connectivity index (χ3v) is 5.60. The smallest absolute Gasteiger partial charge is 0.254 e. The zero-order valence-electron chi connectivity index (χ0n) is 16.3. The summed E-state index contributed by atoms with van der Waals surface area (Å²) in [5.74, 6) is 0.142. The van der Waals surface area contributed by atoms with Crippen LogP contribution in [0.4, 0.5) is 0 Å². The fourth-order valence-electron chi connectivity index (χ4n) is 4.04. The van der Waals surface area contributed by atoms with Crippen molar-refractivity contribution in [3.8, 4) is 11.1 Å². The topological polar surface area (TPSA) is 51.0 Å². The Morgan fingerprint density at radius 1 is 1.14 bits per heavy atom. The summed E-state index contributed by atoms with van der Waals surface area (Å²) < 4.78 is 1.95. The van der Waals surface area contributed by atoms with Gasteiger partial charge in [0.15, 0.2) is 0 Å². The molecule has 0 saturated carbocycles. The van der Waals surface area contributed by atoms with Crippen LogP contribution >= 0.6 is 0 Å². The van der Waals surface area contributed by atoms with Crippen LogP contribution in [0.1, 0.15) is 41.6 Å². The lowest BCUT2D eigenvalue weighted by Gasteiger charge is -2.36. The Hall–Kier alpha value is -2.95. The molecule has 0 unspecified atom stereocenters. The van der Waals surface area contributed by atoms with Crippen LogP contribution in [-0.4, -0.2) is 38.2 Å². The number of hydrogen-bond acceptors (Lipinski definition) is 3. The van der Waals surface area contributed by atoms with Crippen LogP contribution in [-0.2, 0) is 6.54 Å². The number of benzene rings is 1. The van der Waals surface area contributed by atoms with E-state index in [0.29, 0.717) is 0 Å². The summed E-state index contributed by atoms with van der Waals surface area (Å²) in [7, 11) is 0. The van der Waals surface area contributed by atoms with Crippen molar-refractivity contribution >= 4 is 5.91 Å². The van der Waals surface area contributed by atoms with E-state index in [0.717, 1.165) is 54.6 Å². The van der Waals surface area contributed by atoms with Gasteiger partial charge in [0.05, 0.1) is 0 Å². The van der Waals surface area contributed by atoms with Crippen molar-refractivity contribution in [1.29, 1.82) is 0 Å². The molecule has 1 aromatic carbocycles. The van der Waals surface area contributed by atoms with Gasteiger partial charge in [0.2, 0.25) is 0 Å². The molecule has 1 fully saturated rings. The van der Waals surface area contributed by atoms with E-state index in [1.54, 1.807) is 12.4 Å². The Morgan fingerprint density at radius 2 is 2.00 bits per heavy atom. The predicted octanol–water partition coefficient (Wildman–Crippen LogP) is 4.34. The lowest BCUT2D eigenvalue weighted by molar-refractivity contribution is 0.0594. The Bertz CT molecular complexity index is 918. The molecule has 0 spiro atoms. The highest BCUT2D eigenvalue weighted by atomic mass is 16.2. The van der Waals surface area contributed by atoms with E-state index in [1.807, 2.05) is 53.5 Å². The molecule has 1 atom stereocenters. The number of aromatic nitrogens is 3. The molecule has 5 heteroatoms. The molecule has 3 heterocycles. The number of amides is 1. The molecule has 0 bridgehead atoms. The van der Waals surface area contributed by atoms with Crippen molar-refractivity contribution < 1.29 is 4.79 Å². The highest BCUT2D eigenvalue weighted by molar-refractivity contribution is 5.95. The molecule has 0 aliphatic carbocycles. The van der Waals surface area contributed by atoms with Gasteiger partial charge in [-0.3, -0.25) is 14.5 Å². The summed E-state index contributed by atoms with van der Waals surface area (Å²) in [6, 6.07) is 12.2. The van der Waals surface area contributed by atoms with Crippen LogP contribution in [0, 0.1) is 6.92 Å². The first kappa shape index (κ1) is 18.4. The van der Waals surface area contributed by atoms with E-state index in [9.17, 15) is 4.79 Å². The fourth-order valence-corrected chi connectivity index (χ4v) is 4.04. The number of rotatable bonds is 5. The number of piperidine rings is 1. The van der Waals surface area contributed by atoms with Crippen molar-refractivity contribution in [2.24, 2.45) is 0 Å². The minimum atomic E-state index is 0.142. The maximum Gasteiger partial charge on any atom is 0.254 e. The monoisotopic (exact) mass is 374 g/mol. The summed E-state index contributed by atoms with van der Waals surface area (Å²) >= 11 is 0. The van der Waals surface area contributed by atoms with Crippen molar-refractivity contribution in [2.75, 3.05) is 6.54 Å². The SMILES string of the molecule is Cc1cnccc1-c1ccc(C(=O)N2CCCC[C@H]2CCn2cccn2)cc1. The number of nitrogens with zero attached hydrogens (tertiary/aromatic N) is 4. The molecule has 1 saturated heterocycles. The molecule has 4 rings (SSSR count). The largest absolute Gasteiger partial charge is 0.336 e. The fraction of sp³-hybridized carbons (Fsp3) is 0.348. The zero-order valence-corrected chi connectivity index (χ0v) is 16.3. The molecule has 28 heavy (non-hydrogen) atoms. The number of carbonyl (C=O) groups excluding carboxylic acids is 1. The highest BCUT2D eigenvalue weighted by Crippen LogP contribution is 2.25. The number of hydrogen-bond donors (Lipinski definition) is 0. The first-order valence-corrected chi connectivity index (χ1v) is 10.0. The lowest BCUT2D eigenvalue weighted by Crippen LogP contribution is -2.44. The first-order valence-electron chi connectivity index (χ1n) is 10.0. The molecular formula is C23H26N4O. The van der Waals surface area contributed by atoms with E-state index < -0.39 is 0 Å². The molecule has 5 nitrogen and oxygen atoms in total. The lowest BCUT2D eigenvalue weighted by atomic mass is 9.97. The molecule has 0 radical (unpaired) electrons. The number of likely N-dealkylation sites (tertiary alicyclic amines) is 1. The maximum absolute atomic E-state index is 13.2. The van der Waals surface area contributed by atoms with Crippen molar-refractivity contribution in [3.63, 3.8) is 0 Å². The Labute approximate surface area is 166 Å². The van der Waals surface area contributed by atoms with Gasteiger partial charge in [0.25, 0.3) is 5.91 Å². The van der Waals surface area contributed by atoms with Crippen LogP contribution in [0.3, 0.4) is 0 Å². The van der Waals surface area contributed by atoms with Crippen LogP contribution < -0.4 is 0 Å². The maximum atomic E-state index is 13.2. The second-order valence-electron chi connectivity index (χ2n) is 7.47. The van der Waals surface area contributed by atoms with Crippen LogP contribution in [0.15, 0.2) is 61.2 Å². The molecular weight excluding hydrogens is 348 g/mol. The number of pyridine rings is 1. The normalized spacial score (nSPS) is 16.9. The zero-order chi connectivity index (χ0) is 19.3. The second-order valence-corrected chi connectivity index (χ2v) is 7.47. The third-order valence-electron chi connectivity index (χ3n) is 5.60. The van der Waals surface area contributed by atoms with Gasteiger partial charge in [0, 0.05) is 49.5 Å². The molecule has 1 amide bonds. The second kappa shape index (κ2) is 8.38. The number of aryl methyl sites for hydroxylation is 2. The third kappa shape index (κ3) is 3.98. The Morgan fingerprint density at radius 3 is 2.75 bits per heavy atom. The average molecular weight is 374 g/mol. The van der Waals surface area contributed by atoms with Gasteiger partial charge in [-0.05, 0) is 73.6 Å². The van der Waals surface area contributed by atoms with Gasteiger partial charge in [-0.15, -0.1) is 0 Å². The van der Waals surface area contributed by atoms with Crippen LogP contribution in [0.2, 0.25) is 0 Å². The molecule has 0 N–H and O–H groups in total. The first-order chi connectivity index (χ1) is 13.7. The average Bonchev–Trinajstić information content (AvgIpc) is 3.26. The Balaban J connectivity index is 1.48. The molecule has 144 valence electrons. The van der Waals surface area contributed by atoms with Gasteiger partial charge in [-0.2, -0.15) is 5.10 Å². The summed E-state index contributed by atoms with van der Waals surface area (Å²) in [5, 5.41) is 4.28. The molecule has 3 aromatic rings. The van der Waals surface area contributed by atoms with Crippen molar-refractivity contribution in [3.05, 3.63) is 72.3 Å². The van der Waals surface area contributed by atoms with Gasteiger partial charge >= 0.3 is 0 Å². The molecule has 1 aliphatic rings. The van der Waals surface area contributed by atoms with Crippen LogP contribution in [0.25, 0.3) is 11.1 Å². The van der Waals surface area contributed by atoms with Gasteiger partial charge in [0.1, 0.15) is 0 Å². The summed E-state index contributed by atoms with van der Waals surface area (Å²) in [6.07, 6.45) is 11.7. The van der Waals surface area contributed by atoms with Gasteiger partial charge < -0.3 is 4.90 Å². The molecule has 1 aliphatic heterocycles. The van der Waals surface area contributed by atoms with Gasteiger partial charge in [-0.1, -0.05) is 12.1 Å². The number of carbonyl (C=O) groups is 1. The van der Waals surface area contributed by atoms with E-state index in [1.165, 1.54) is 6.42 Å². The van der Waals surface area contributed by atoms with E-state index in [2.05, 4.69) is 21.9 Å². The van der Waals surface area contributed by atoms with Crippen LogP contribution in [0.5, 0.6) is 0 Å². The molecule has 2 aromatic heterocycles. The highest BCUT2D eigenvalue weighted by Gasteiger charge is 2.27. The minimum Gasteiger partial charge on any atom is -0.336 e. The summed E-state index contributed by atoms with van der Waals surface area (Å²) in [4.78, 5) is 19.4. The van der Waals surface area contributed by atoms with Crippen molar-refractivity contribution in [2.45, 2.75) is 45.2 Å². The predicted molar refractivity (Wildman–Crippen MR) is 110 cm³/mol. The quantitative estimate of drug-likeness (QED) is 0.668. The van der Waals surface area contributed by atoms with E-state index >= 15 is 0 Å². The minimum absolute atomic E-state index is 0.142. The van der Waals surface area contributed by atoms with E-state index in [4.69, 9.17) is 0 Å². The Kier molecular flexibility index (Phi) is 5.51. The summed E-state index contributed by atoms with van der Waals surface area (Å²) in [5.41, 5.74) is 4.17. The van der Waals surface area contributed by atoms with Crippen molar-refractivity contribution in [1.82, 2.24) is 19.7 Å². The summed E-state index contributed by atoms with van der Waals surface area (Å²) in [6.45, 7) is 3.74. The van der Waals surface area contributed by atoms with Gasteiger partial charge in [-0.25, -0.2) is 0 Å². The van der Waals surface area contributed by atoms with E-state index in [-0.39, 0.29) is 11.9 Å². The standard InChI is InChI=1S/C23H26N4O/c1-18-17-24-13-10-22(18)19-6-8-20(9-7-19)23(28)27-15-3-2-5-21(27)11-16-26-14-4-12-25-26/h4,6-10,12-14,17,21H,2-3,5,11,15-16H2,1H3/t21-/m0/s1.